The second-order valence-corrected chi connectivity index (χ2v) is 8.78. The van der Waals surface area contributed by atoms with Gasteiger partial charge in [-0.2, -0.15) is 0 Å². The third kappa shape index (κ3) is 3.89. The third-order valence-corrected chi connectivity index (χ3v) is 6.94. The van der Waals surface area contributed by atoms with E-state index in [1.807, 2.05) is 40.6 Å². The minimum absolute atomic E-state index is 0.0382. The molecule has 3 aromatic rings. The van der Waals surface area contributed by atoms with E-state index in [4.69, 9.17) is 4.98 Å². The van der Waals surface area contributed by atoms with Gasteiger partial charge in [0.25, 0.3) is 0 Å². The number of benzene rings is 1. The number of amides is 2. The molecule has 2 atom stereocenters. The first-order chi connectivity index (χ1) is 13.1. The summed E-state index contributed by atoms with van der Waals surface area (Å²) in [5.74, 6) is -0.0470. The quantitative estimate of drug-likeness (QED) is 0.696. The minimum atomic E-state index is -0.272. The number of carbonyl (C=O) groups excluding carboxylic acids is 2. The van der Waals surface area contributed by atoms with Crippen LogP contribution in [0.25, 0.3) is 10.2 Å². The summed E-state index contributed by atoms with van der Waals surface area (Å²) in [4.78, 5) is 32.4. The molecular weight excluding hydrogens is 378 g/mol. The number of hydrogen-bond donors (Lipinski definition) is 1. The highest BCUT2D eigenvalue weighted by Crippen LogP contribution is 2.37. The fraction of sp³-hybridized carbons (Fsp3) is 0.350. The van der Waals surface area contributed by atoms with E-state index in [9.17, 15) is 9.59 Å². The Morgan fingerprint density at radius 1 is 1.30 bits per heavy atom. The van der Waals surface area contributed by atoms with Crippen LogP contribution < -0.4 is 5.32 Å². The maximum Gasteiger partial charge on any atom is 0.225 e. The lowest BCUT2D eigenvalue weighted by Gasteiger charge is -2.25. The van der Waals surface area contributed by atoms with E-state index in [2.05, 4.69) is 11.4 Å². The Hall–Kier alpha value is -2.25. The molecule has 5 nitrogen and oxygen atoms in total. The molecular formula is C20H21N3O2S2. The second-order valence-electron chi connectivity index (χ2n) is 6.74. The van der Waals surface area contributed by atoms with Gasteiger partial charge in [-0.1, -0.05) is 18.2 Å². The van der Waals surface area contributed by atoms with Crippen molar-refractivity contribution in [1.29, 1.82) is 0 Å². The number of thiophene rings is 1. The Labute approximate surface area is 166 Å². The van der Waals surface area contributed by atoms with E-state index in [1.54, 1.807) is 22.7 Å². The molecule has 7 heteroatoms. The minimum Gasteiger partial charge on any atom is -0.348 e. The van der Waals surface area contributed by atoms with Gasteiger partial charge in [0, 0.05) is 18.3 Å². The van der Waals surface area contributed by atoms with Crippen LogP contribution in [0, 0.1) is 0 Å². The first kappa shape index (κ1) is 18.1. The summed E-state index contributed by atoms with van der Waals surface area (Å²) in [6, 6.07) is 11.8. The van der Waals surface area contributed by atoms with Crippen LogP contribution in [-0.2, 0) is 9.59 Å². The lowest BCUT2D eigenvalue weighted by Crippen LogP contribution is -2.35. The molecule has 2 amide bonds. The van der Waals surface area contributed by atoms with Gasteiger partial charge in [-0.3, -0.25) is 9.59 Å². The second kappa shape index (κ2) is 7.78. The summed E-state index contributed by atoms with van der Waals surface area (Å²) < 4.78 is 1.15. The largest absolute Gasteiger partial charge is 0.348 e. The Balaban J connectivity index is 1.53. The van der Waals surface area contributed by atoms with Crippen LogP contribution in [0.3, 0.4) is 0 Å². The van der Waals surface area contributed by atoms with Gasteiger partial charge in [-0.05, 0) is 36.4 Å². The molecule has 2 unspecified atom stereocenters. The van der Waals surface area contributed by atoms with Crippen molar-refractivity contribution >= 4 is 44.7 Å². The maximum atomic E-state index is 13.1. The molecule has 0 saturated carbocycles. The molecule has 2 aromatic heterocycles. The molecule has 0 radical (unpaired) electrons. The molecule has 0 aliphatic carbocycles. The number of likely N-dealkylation sites (tertiary alicyclic amines) is 1. The van der Waals surface area contributed by atoms with Crippen LogP contribution in [0.5, 0.6) is 0 Å². The van der Waals surface area contributed by atoms with E-state index >= 15 is 0 Å². The van der Waals surface area contributed by atoms with Crippen molar-refractivity contribution < 1.29 is 9.59 Å². The fourth-order valence-corrected chi connectivity index (χ4v) is 5.50. The molecule has 0 spiro atoms. The number of aromatic nitrogens is 1. The molecule has 27 heavy (non-hydrogen) atoms. The van der Waals surface area contributed by atoms with Crippen LogP contribution in [-0.4, -0.2) is 28.2 Å². The van der Waals surface area contributed by atoms with Gasteiger partial charge >= 0.3 is 0 Å². The fourth-order valence-electron chi connectivity index (χ4n) is 3.60. The normalized spacial score (nSPS) is 18.0. The standard InChI is InChI=1S/C20H21N3O2S2/c1-13(24)21-15(17-9-5-11-26-17)12-19(25)23-10-4-7-16(23)20-22-14-6-2-3-8-18(14)27-20/h2-3,5-6,8-9,11,15-16H,4,7,10,12H2,1H3,(H,21,24). The van der Waals surface area contributed by atoms with Crippen molar-refractivity contribution in [1.82, 2.24) is 15.2 Å². The SMILES string of the molecule is CC(=O)NC(CC(=O)N1CCCC1c1nc2ccccc2s1)c1cccs1. The predicted molar refractivity (Wildman–Crippen MR) is 109 cm³/mol. The maximum absolute atomic E-state index is 13.1. The van der Waals surface area contributed by atoms with E-state index in [0.29, 0.717) is 0 Å². The van der Waals surface area contributed by atoms with Crippen molar-refractivity contribution in [2.75, 3.05) is 6.54 Å². The lowest BCUT2D eigenvalue weighted by atomic mass is 10.1. The first-order valence-electron chi connectivity index (χ1n) is 9.07. The van der Waals surface area contributed by atoms with Gasteiger partial charge in [0.2, 0.25) is 11.8 Å². The molecule has 1 saturated heterocycles. The third-order valence-electron chi connectivity index (χ3n) is 4.81. The highest BCUT2D eigenvalue weighted by atomic mass is 32.1. The average molecular weight is 400 g/mol. The zero-order valence-corrected chi connectivity index (χ0v) is 16.7. The molecule has 4 rings (SSSR count). The van der Waals surface area contributed by atoms with Crippen LogP contribution in [0.15, 0.2) is 41.8 Å². The number of nitrogens with zero attached hydrogens (tertiary/aromatic N) is 2. The number of thiazole rings is 1. The van der Waals surface area contributed by atoms with E-state index < -0.39 is 0 Å². The number of para-hydroxylation sites is 1. The number of hydrogen-bond acceptors (Lipinski definition) is 5. The number of rotatable bonds is 5. The monoisotopic (exact) mass is 399 g/mol. The Bertz CT molecular complexity index is 918. The molecule has 3 heterocycles. The molecule has 1 fully saturated rings. The molecule has 1 aliphatic heterocycles. The smallest absolute Gasteiger partial charge is 0.225 e. The van der Waals surface area contributed by atoms with Crippen LogP contribution in [0.4, 0.5) is 0 Å². The van der Waals surface area contributed by atoms with Crippen molar-refractivity contribution in [3.63, 3.8) is 0 Å². The topological polar surface area (TPSA) is 62.3 Å². The van der Waals surface area contributed by atoms with Crippen LogP contribution in [0.1, 0.15) is 48.2 Å². The lowest BCUT2D eigenvalue weighted by molar-refractivity contribution is -0.133. The first-order valence-corrected chi connectivity index (χ1v) is 10.8. The van der Waals surface area contributed by atoms with E-state index in [-0.39, 0.29) is 30.3 Å². The zero-order chi connectivity index (χ0) is 18.8. The molecule has 1 N–H and O–H groups in total. The summed E-state index contributed by atoms with van der Waals surface area (Å²) >= 11 is 3.23. The van der Waals surface area contributed by atoms with Gasteiger partial charge in [0.1, 0.15) is 5.01 Å². The highest BCUT2D eigenvalue weighted by Gasteiger charge is 2.33. The van der Waals surface area contributed by atoms with Gasteiger partial charge < -0.3 is 10.2 Å². The van der Waals surface area contributed by atoms with Crippen molar-refractivity contribution in [2.45, 2.75) is 38.3 Å². The van der Waals surface area contributed by atoms with Crippen molar-refractivity contribution in [3.05, 3.63) is 51.7 Å². The molecule has 1 aromatic carbocycles. The number of carbonyl (C=O) groups is 2. The van der Waals surface area contributed by atoms with Crippen molar-refractivity contribution in [3.8, 4) is 0 Å². The number of nitrogens with one attached hydrogen (secondary N) is 1. The molecule has 140 valence electrons. The summed E-state index contributed by atoms with van der Waals surface area (Å²) in [6.45, 7) is 2.24. The zero-order valence-electron chi connectivity index (χ0n) is 15.1. The summed E-state index contributed by atoms with van der Waals surface area (Å²) in [6.07, 6.45) is 2.20. The Kier molecular flexibility index (Phi) is 5.22. The van der Waals surface area contributed by atoms with Crippen LogP contribution >= 0.6 is 22.7 Å². The summed E-state index contributed by atoms with van der Waals surface area (Å²) in [5.41, 5.74) is 0.992. The van der Waals surface area contributed by atoms with E-state index in [1.165, 1.54) is 6.92 Å². The molecule has 0 bridgehead atoms. The molecule has 1 aliphatic rings. The van der Waals surface area contributed by atoms with Crippen molar-refractivity contribution in [2.24, 2.45) is 0 Å². The summed E-state index contributed by atoms with van der Waals surface area (Å²) in [5, 5.41) is 5.90. The Morgan fingerprint density at radius 2 is 2.15 bits per heavy atom. The van der Waals surface area contributed by atoms with Gasteiger partial charge in [-0.15, -0.1) is 22.7 Å². The number of fused-ring (bicyclic) bond motifs is 1. The van der Waals surface area contributed by atoms with Gasteiger partial charge in [-0.25, -0.2) is 4.98 Å². The van der Waals surface area contributed by atoms with Gasteiger partial charge in [0.05, 0.1) is 28.7 Å². The van der Waals surface area contributed by atoms with Gasteiger partial charge in [0.15, 0.2) is 0 Å². The predicted octanol–water partition coefficient (Wildman–Crippen LogP) is 4.29. The average Bonchev–Trinajstić information content (AvgIpc) is 3.39. The summed E-state index contributed by atoms with van der Waals surface area (Å²) in [7, 11) is 0. The highest BCUT2D eigenvalue weighted by molar-refractivity contribution is 7.18. The van der Waals surface area contributed by atoms with Crippen LogP contribution in [0.2, 0.25) is 0 Å². The van der Waals surface area contributed by atoms with E-state index in [0.717, 1.165) is 39.5 Å². The Morgan fingerprint density at radius 3 is 2.89 bits per heavy atom.